The van der Waals surface area contributed by atoms with E-state index in [1.807, 2.05) is 0 Å². The van der Waals surface area contributed by atoms with Crippen LogP contribution in [0.4, 0.5) is 0 Å². The number of rotatable bonds is 8. The standard InChI is InChI=1S/C18H34O2/c1-6-18(20,7-2)11-8-9-15-10-12-17(5,13-14-19)16(15,3)4/h14-15,20H,6-13H2,1-5H3. The lowest BCUT2D eigenvalue weighted by Crippen LogP contribution is -2.35. The van der Waals surface area contributed by atoms with Crippen molar-refractivity contribution in [2.24, 2.45) is 16.7 Å². The van der Waals surface area contributed by atoms with E-state index in [9.17, 15) is 9.90 Å². The molecule has 118 valence electrons. The molecule has 0 bridgehead atoms. The average Bonchev–Trinajstić information content (AvgIpc) is 2.62. The highest BCUT2D eigenvalue weighted by Crippen LogP contribution is 2.58. The maximum atomic E-state index is 11.0. The molecule has 0 saturated heterocycles. The fraction of sp³-hybridized carbons (Fsp3) is 0.944. The third kappa shape index (κ3) is 3.44. The first-order valence-electron chi connectivity index (χ1n) is 8.40. The average molecular weight is 282 g/mol. The van der Waals surface area contributed by atoms with Crippen LogP contribution in [0.5, 0.6) is 0 Å². The molecule has 2 heteroatoms. The summed E-state index contributed by atoms with van der Waals surface area (Å²) in [7, 11) is 0. The van der Waals surface area contributed by atoms with Gasteiger partial charge in [0, 0.05) is 6.42 Å². The van der Waals surface area contributed by atoms with Crippen molar-refractivity contribution in [1.82, 2.24) is 0 Å². The zero-order valence-corrected chi connectivity index (χ0v) is 14.2. The third-order valence-electron chi connectivity index (χ3n) is 6.67. The number of carbonyl (C=O) groups excluding carboxylic acids is 1. The summed E-state index contributed by atoms with van der Waals surface area (Å²) in [6.45, 7) is 11.1. The molecule has 20 heavy (non-hydrogen) atoms. The normalized spacial score (nSPS) is 29.6. The van der Waals surface area contributed by atoms with Crippen LogP contribution in [0.3, 0.4) is 0 Å². The molecule has 0 amide bonds. The molecule has 2 unspecified atom stereocenters. The molecule has 2 nitrogen and oxygen atoms in total. The Morgan fingerprint density at radius 3 is 2.35 bits per heavy atom. The maximum absolute atomic E-state index is 11.0. The van der Waals surface area contributed by atoms with Gasteiger partial charge in [-0.1, -0.05) is 41.0 Å². The second-order valence-corrected chi connectivity index (χ2v) is 7.71. The van der Waals surface area contributed by atoms with Crippen molar-refractivity contribution in [1.29, 1.82) is 0 Å². The Morgan fingerprint density at radius 1 is 1.25 bits per heavy atom. The van der Waals surface area contributed by atoms with Gasteiger partial charge in [-0.25, -0.2) is 0 Å². The lowest BCUT2D eigenvalue weighted by molar-refractivity contribution is -0.111. The summed E-state index contributed by atoms with van der Waals surface area (Å²) in [6.07, 6.45) is 9.07. The number of hydrogen-bond acceptors (Lipinski definition) is 2. The van der Waals surface area contributed by atoms with Crippen LogP contribution >= 0.6 is 0 Å². The Morgan fingerprint density at radius 2 is 1.85 bits per heavy atom. The SMILES string of the molecule is CCC(O)(CC)CCCC1CCC(C)(CC=O)C1(C)C. The van der Waals surface area contributed by atoms with Gasteiger partial charge in [-0.15, -0.1) is 0 Å². The van der Waals surface area contributed by atoms with E-state index >= 15 is 0 Å². The van der Waals surface area contributed by atoms with Gasteiger partial charge < -0.3 is 9.90 Å². The first-order valence-corrected chi connectivity index (χ1v) is 8.40. The first-order chi connectivity index (χ1) is 9.24. The lowest BCUT2D eigenvalue weighted by Gasteiger charge is -2.41. The molecule has 1 saturated carbocycles. The summed E-state index contributed by atoms with van der Waals surface area (Å²) in [5, 5.41) is 10.4. The van der Waals surface area contributed by atoms with Gasteiger partial charge in [-0.3, -0.25) is 0 Å². The van der Waals surface area contributed by atoms with Crippen molar-refractivity contribution in [3.05, 3.63) is 0 Å². The summed E-state index contributed by atoms with van der Waals surface area (Å²) in [4.78, 5) is 11.0. The van der Waals surface area contributed by atoms with E-state index in [0.717, 1.165) is 38.4 Å². The summed E-state index contributed by atoms with van der Waals surface area (Å²) in [6, 6.07) is 0. The van der Waals surface area contributed by atoms with Gasteiger partial charge in [0.2, 0.25) is 0 Å². The molecule has 0 aromatic heterocycles. The van der Waals surface area contributed by atoms with E-state index in [0.29, 0.717) is 12.3 Å². The number of aliphatic hydroxyl groups is 1. The van der Waals surface area contributed by atoms with Gasteiger partial charge in [0.1, 0.15) is 6.29 Å². The van der Waals surface area contributed by atoms with Gasteiger partial charge in [0.25, 0.3) is 0 Å². The van der Waals surface area contributed by atoms with Crippen LogP contribution in [0.1, 0.15) is 86.0 Å². The van der Waals surface area contributed by atoms with E-state index in [1.165, 1.54) is 12.8 Å². The molecule has 0 aliphatic heterocycles. The molecule has 1 N–H and O–H groups in total. The fourth-order valence-electron chi connectivity index (χ4n) is 4.00. The van der Waals surface area contributed by atoms with E-state index < -0.39 is 5.60 Å². The van der Waals surface area contributed by atoms with Crippen molar-refractivity contribution in [3.8, 4) is 0 Å². The molecule has 0 aromatic carbocycles. The van der Waals surface area contributed by atoms with Crippen molar-refractivity contribution >= 4 is 6.29 Å². The quantitative estimate of drug-likeness (QED) is 0.653. The van der Waals surface area contributed by atoms with Crippen LogP contribution in [-0.4, -0.2) is 17.0 Å². The Labute approximate surface area is 125 Å². The number of hydrogen-bond donors (Lipinski definition) is 1. The van der Waals surface area contributed by atoms with Crippen molar-refractivity contribution < 1.29 is 9.90 Å². The van der Waals surface area contributed by atoms with E-state index in [-0.39, 0.29) is 10.8 Å². The highest BCUT2D eigenvalue weighted by molar-refractivity contribution is 5.51. The van der Waals surface area contributed by atoms with Crippen molar-refractivity contribution in [3.63, 3.8) is 0 Å². The highest BCUT2D eigenvalue weighted by Gasteiger charge is 2.50. The van der Waals surface area contributed by atoms with Crippen LogP contribution in [0, 0.1) is 16.7 Å². The number of aldehydes is 1. The molecule has 0 radical (unpaired) electrons. The molecule has 0 spiro atoms. The van der Waals surface area contributed by atoms with E-state index in [2.05, 4.69) is 34.6 Å². The first kappa shape index (κ1) is 17.7. The van der Waals surface area contributed by atoms with Crippen LogP contribution in [0.15, 0.2) is 0 Å². The van der Waals surface area contributed by atoms with Crippen molar-refractivity contribution in [2.75, 3.05) is 0 Å². The Bertz CT molecular complexity index is 317. The summed E-state index contributed by atoms with van der Waals surface area (Å²) in [5.41, 5.74) is -0.0788. The van der Waals surface area contributed by atoms with Gasteiger partial charge >= 0.3 is 0 Å². The monoisotopic (exact) mass is 282 g/mol. The van der Waals surface area contributed by atoms with Crippen LogP contribution in [0.2, 0.25) is 0 Å². The predicted octanol–water partition coefficient (Wildman–Crippen LogP) is 4.74. The molecular formula is C18H34O2. The smallest absolute Gasteiger partial charge is 0.120 e. The topological polar surface area (TPSA) is 37.3 Å². The second-order valence-electron chi connectivity index (χ2n) is 7.71. The predicted molar refractivity (Wildman–Crippen MR) is 84.7 cm³/mol. The largest absolute Gasteiger partial charge is 0.390 e. The van der Waals surface area contributed by atoms with Gasteiger partial charge in [-0.05, 0) is 55.3 Å². The van der Waals surface area contributed by atoms with Crippen LogP contribution < -0.4 is 0 Å². The Balaban J connectivity index is 2.56. The Hall–Kier alpha value is -0.370. The van der Waals surface area contributed by atoms with E-state index in [4.69, 9.17) is 0 Å². The van der Waals surface area contributed by atoms with Gasteiger partial charge in [0.05, 0.1) is 5.60 Å². The third-order valence-corrected chi connectivity index (χ3v) is 6.67. The molecule has 0 heterocycles. The minimum atomic E-state index is -0.463. The van der Waals surface area contributed by atoms with Crippen molar-refractivity contribution in [2.45, 2.75) is 91.6 Å². The lowest BCUT2D eigenvalue weighted by atomic mass is 9.63. The number of carbonyl (C=O) groups is 1. The molecule has 1 rings (SSSR count). The van der Waals surface area contributed by atoms with E-state index in [1.54, 1.807) is 0 Å². The van der Waals surface area contributed by atoms with Crippen LogP contribution in [0.25, 0.3) is 0 Å². The minimum absolute atomic E-state index is 0.158. The minimum Gasteiger partial charge on any atom is -0.390 e. The molecule has 1 fully saturated rings. The van der Waals surface area contributed by atoms with Gasteiger partial charge in [-0.2, -0.15) is 0 Å². The Kier molecular flexibility index (Phi) is 5.83. The zero-order valence-electron chi connectivity index (χ0n) is 14.2. The van der Waals surface area contributed by atoms with Gasteiger partial charge in [0.15, 0.2) is 0 Å². The second kappa shape index (κ2) is 6.60. The highest BCUT2D eigenvalue weighted by atomic mass is 16.3. The van der Waals surface area contributed by atoms with Crippen LogP contribution in [-0.2, 0) is 4.79 Å². The summed E-state index contributed by atoms with van der Waals surface area (Å²) in [5.74, 6) is 0.686. The molecule has 1 aliphatic rings. The molecule has 1 aliphatic carbocycles. The fourth-order valence-corrected chi connectivity index (χ4v) is 4.00. The molecule has 0 aromatic rings. The summed E-state index contributed by atoms with van der Waals surface area (Å²) < 4.78 is 0. The maximum Gasteiger partial charge on any atom is 0.120 e. The molecule has 2 atom stereocenters. The zero-order chi connectivity index (χ0) is 15.4. The summed E-state index contributed by atoms with van der Waals surface area (Å²) >= 11 is 0. The molecular weight excluding hydrogens is 248 g/mol.